The molecule has 0 saturated heterocycles. The minimum atomic E-state index is -0.362. The molecular formula is C15H13N3O4S. The summed E-state index contributed by atoms with van der Waals surface area (Å²) in [4.78, 5) is 28.7. The summed E-state index contributed by atoms with van der Waals surface area (Å²) in [5, 5.41) is 12.2. The Hall–Kier alpha value is -2.87. The zero-order valence-corrected chi connectivity index (χ0v) is 12.7. The SMILES string of the molecule is O=C(NC/C=C/c1[nH]c(=S)[nH]c1O)c1ccc2c(c1)COC2=O. The van der Waals surface area contributed by atoms with E-state index in [9.17, 15) is 14.7 Å². The number of cyclic esters (lactones) is 1. The Morgan fingerprint density at radius 2 is 2.26 bits per heavy atom. The highest BCUT2D eigenvalue weighted by atomic mass is 32.1. The Labute approximate surface area is 136 Å². The van der Waals surface area contributed by atoms with Gasteiger partial charge >= 0.3 is 5.97 Å². The van der Waals surface area contributed by atoms with Crippen molar-refractivity contribution in [1.29, 1.82) is 0 Å². The maximum atomic E-state index is 12.1. The van der Waals surface area contributed by atoms with Gasteiger partial charge in [0.15, 0.2) is 4.77 Å². The van der Waals surface area contributed by atoms with Gasteiger partial charge in [-0.3, -0.25) is 4.79 Å². The third kappa shape index (κ3) is 3.16. The highest BCUT2D eigenvalue weighted by Crippen LogP contribution is 2.21. The van der Waals surface area contributed by atoms with Gasteiger partial charge in [-0.15, -0.1) is 0 Å². The van der Waals surface area contributed by atoms with Crippen LogP contribution in [0.3, 0.4) is 0 Å². The van der Waals surface area contributed by atoms with Crippen LogP contribution in [0.15, 0.2) is 24.3 Å². The van der Waals surface area contributed by atoms with Crippen LogP contribution in [0.25, 0.3) is 6.08 Å². The van der Waals surface area contributed by atoms with Crippen molar-refractivity contribution in [2.75, 3.05) is 6.54 Å². The third-order valence-corrected chi connectivity index (χ3v) is 3.55. The minimum Gasteiger partial charge on any atom is -0.493 e. The number of aromatic hydroxyl groups is 1. The fourth-order valence-electron chi connectivity index (χ4n) is 2.21. The molecule has 0 spiro atoms. The van der Waals surface area contributed by atoms with Crippen molar-refractivity contribution in [3.8, 4) is 5.88 Å². The van der Waals surface area contributed by atoms with Crippen LogP contribution in [0.2, 0.25) is 0 Å². The molecule has 2 heterocycles. The molecule has 4 N–H and O–H groups in total. The Morgan fingerprint density at radius 3 is 3.00 bits per heavy atom. The van der Waals surface area contributed by atoms with Crippen molar-refractivity contribution < 1.29 is 19.4 Å². The number of carbonyl (C=O) groups is 2. The molecule has 8 heteroatoms. The lowest BCUT2D eigenvalue weighted by Crippen LogP contribution is -2.23. The molecule has 118 valence electrons. The van der Waals surface area contributed by atoms with Crippen LogP contribution in [0.5, 0.6) is 5.88 Å². The number of rotatable bonds is 4. The summed E-state index contributed by atoms with van der Waals surface area (Å²) in [7, 11) is 0. The lowest BCUT2D eigenvalue weighted by molar-refractivity contribution is 0.0535. The van der Waals surface area contributed by atoms with E-state index in [2.05, 4.69) is 15.3 Å². The zero-order valence-electron chi connectivity index (χ0n) is 11.9. The summed E-state index contributed by atoms with van der Waals surface area (Å²) in [5.41, 5.74) is 2.11. The van der Waals surface area contributed by atoms with E-state index in [1.807, 2.05) is 0 Å². The maximum absolute atomic E-state index is 12.1. The fourth-order valence-corrected chi connectivity index (χ4v) is 2.42. The summed E-state index contributed by atoms with van der Waals surface area (Å²) >= 11 is 4.84. The van der Waals surface area contributed by atoms with Crippen molar-refractivity contribution in [1.82, 2.24) is 15.3 Å². The molecule has 1 aliphatic heterocycles. The van der Waals surface area contributed by atoms with Crippen LogP contribution in [0.1, 0.15) is 32.0 Å². The third-order valence-electron chi connectivity index (χ3n) is 3.35. The van der Waals surface area contributed by atoms with Gasteiger partial charge in [0.25, 0.3) is 5.91 Å². The van der Waals surface area contributed by atoms with Gasteiger partial charge in [-0.25, -0.2) is 4.79 Å². The molecule has 0 bridgehead atoms. The summed E-state index contributed by atoms with van der Waals surface area (Å²) in [5.74, 6) is -0.678. The Balaban J connectivity index is 1.61. The molecule has 23 heavy (non-hydrogen) atoms. The molecule has 0 unspecified atom stereocenters. The monoisotopic (exact) mass is 331 g/mol. The largest absolute Gasteiger partial charge is 0.493 e. The number of carbonyl (C=O) groups excluding carboxylic acids is 2. The molecule has 1 aliphatic rings. The van der Waals surface area contributed by atoms with Gasteiger partial charge in [0.1, 0.15) is 12.3 Å². The lowest BCUT2D eigenvalue weighted by Gasteiger charge is -2.03. The first kappa shape index (κ1) is 15.0. The second-order valence-corrected chi connectivity index (χ2v) is 5.31. The molecule has 7 nitrogen and oxygen atoms in total. The first-order valence-electron chi connectivity index (χ1n) is 6.80. The number of benzene rings is 1. The van der Waals surface area contributed by atoms with Gasteiger partial charge in [0.05, 0.1) is 5.56 Å². The second-order valence-electron chi connectivity index (χ2n) is 4.90. The normalized spacial score (nSPS) is 13.1. The number of esters is 1. The predicted octanol–water partition coefficient (Wildman–Crippen LogP) is 1.89. The van der Waals surface area contributed by atoms with E-state index in [-0.39, 0.29) is 30.9 Å². The van der Waals surface area contributed by atoms with Crippen molar-refractivity contribution in [2.45, 2.75) is 6.61 Å². The van der Waals surface area contributed by atoms with Crippen molar-refractivity contribution in [3.63, 3.8) is 0 Å². The van der Waals surface area contributed by atoms with Crippen LogP contribution in [-0.2, 0) is 11.3 Å². The number of fused-ring (bicyclic) bond motifs is 1. The second kappa shape index (κ2) is 6.09. The average molecular weight is 331 g/mol. The number of hydrogen-bond acceptors (Lipinski definition) is 5. The van der Waals surface area contributed by atoms with Crippen molar-refractivity contribution in [2.24, 2.45) is 0 Å². The molecular weight excluding hydrogens is 318 g/mol. The summed E-state index contributed by atoms with van der Waals surface area (Å²) in [6.07, 6.45) is 3.28. The van der Waals surface area contributed by atoms with Gasteiger partial charge in [-0.1, -0.05) is 6.08 Å². The highest BCUT2D eigenvalue weighted by molar-refractivity contribution is 7.71. The summed E-state index contributed by atoms with van der Waals surface area (Å²) in [6, 6.07) is 4.82. The molecule has 0 radical (unpaired) electrons. The first-order chi connectivity index (χ1) is 11.0. The van der Waals surface area contributed by atoms with E-state index < -0.39 is 0 Å². The molecule has 0 saturated carbocycles. The highest BCUT2D eigenvalue weighted by Gasteiger charge is 2.21. The molecule has 1 amide bonds. The van der Waals surface area contributed by atoms with Gasteiger partial charge in [-0.2, -0.15) is 0 Å². The van der Waals surface area contributed by atoms with E-state index in [1.165, 1.54) is 0 Å². The van der Waals surface area contributed by atoms with Crippen LogP contribution in [0.4, 0.5) is 0 Å². The van der Waals surface area contributed by atoms with Crippen LogP contribution < -0.4 is 5.32 Å². The number of aromatic nitrogens is 2. The van der Waals surface area contributed by atoms with E-state index in [0.717, 1.165) is 0 Å². The number of imidazole rings is 1. The van der Waals surface area contributed by atoms with Crippen LogP contribution >= 0.6 is 12.2 Å². The van der Waals surface area contributed by atoms with Gasteiger partial charge < -0.3 is 25.1 Å². The molecule has 0 atom stereocenters. The minimum absolute atomic E-state index is 0.0548. The van der Waals surface area contributed by atoms with E-state index in [4.69, 9.17) is 17.0 Å². The topological polar surface area (TPSA) is 107 Å². The Kier molecular flexibility index (Phi) is 3.98. The zero-order chi connectivity index (χ0) is 16.4. The molecule has 0 fully saturated rings. The lowest BCUT2D eigenvalue weighted by atomic mass is 10.1. The van der Waals surface area contributed by atoms with Crippen molar-refractivity contribution in [3.05, 3.63) is 51.4 Å². The Morgan fingerprint density at radius 1 is 1.43 bits per heavy atom. The van der Waals surface area contributed by atoms with Crippen LogP contribution in [-0.4, -0.2) is 33.5 Å². The van der Waals surface area contributed by atoms with Gasteiger partial charge in [0, 0.05) is 17.7 Å². The number of hydrogen-bond donors (Lipinski definition) is 4. The molecule has 1 aromatic heterocycles. The maximum Gasteiger partial charge on any atom is 0.338 e. The standard InChI is InChI=1S/C15H13N3O4S/c19-12(8-3-4-10-9(6-8)7-22-14(10)21)16-5-1-2-11-13(20)18-15(23)17-11/h1-4,6,20H,5,7H2,(H,16,19)(H2,17,18,23)/b2-1+. The summed E-state index contributed by atoms with van der Waals surface area (Å²) in [6.45, 7) is 0.470. The number of amides is 1. The van der Waals surface area contributed by atoms with Crippen molar-refractivity contribution >= 4 is 30.2 Å². The Bertz CT molecular complexity index is 866. The molecule has 1 aromatic carbocycles. The number of nitrogens with one attached hydrogen (secondary N) is 3. The quantitative estimate of drug-likeness (QED) is 0.505. The number of aromatic amines is 2. The number of ether oxygens (including phenoxy) is 1. The molecule has 3 rings (SSSR count). The van der Waals surface area contributed by atoms with E-state index in [1.54, 1.807) is 30.4 Å². The predicted molar refractivity (Wildman–Crippen MR) is 84.6 cm³/mol. The molecule has 2 aromatic rings. The van der Waals surface area contributed by atoms with Gasteiger partial charge in [-0.05, 0) is 36.5 Å². The fraction of sp³-hybridized carbons (Fsp3) is 0.133. The average Bonchev–Trinajstić information content (AvgIpc) is 3.05. The smallest absolute Gasteiger partial charge is 0.338 e. The van der Waals surface area contributed by atoms with E-state index in [0.29, 0.717) is 27.2 Å². The first-order valence-corrected chi connectivity index (χ1v) is 7.21. The van der Waals surface area contributed by atoms with Crippen LogP contribution in [0, 0.1) is 4.77 Å². The number of H-pyrrole nitrogens is 2. The van der Waals surface area contributed by atoms with Gasteiger partial charge in [0.2, 0.25) is 5.88 Å². The van der Waals surface area contributed by atoms with E-state index >= 15 is 0 Å². The summed E-state index contributed by atoms with van der Waals surface area (Å²) < 4.78 is 5.22. The molecule has 0 aliphatic carbocycles.